The average Bonchev–Trinajstić information content (AvgIpc) is 2.86. The first-order valence-electron chi connectivity index (χ1n) is 13.3. The number of aliphatic hydroxyl groups excluding tert-OH is 1. The molecule has 16 heteroatoms. The molecule has 224 valence electrons. The number of aliphatic hydroxyl groups is 1. The molecule has 1 aliphatic carbocycles. The molecule has 0 spiro atoms. The van der Waals surface area contributed by atoms with Gasteiger partial charge in [-0.2, -0.15) is 0 Å². The Bertz CT molecular complexity index is 756. The minimum atomic E-state index is -2.81. The SMILES string of the molecule is O=C(O)CN1CCN(CO[P+](=O)O)CCN(CC(=O)O)CCN(CC(O)CNC(=O)OC2CCCCC2)CC1. The molecule has 0 aromatic heterocycles. The number of nitrogens with zero attached hydrogens (tertiary/aromatic N) is 4. The van der Waals surface area contributed by atoms with E-state index in [1.165, 1.54) is 0 Å². The first kappa shape index (κ1) is 33.2. The Morgan fingerprint density at radius 1 is 0.821 bits per heavy atom. The van der Waals surface area contributed by atoms with Crippen LogP contribution in [0.1, 0.15) is 32.1 Å². The summed E-state index contributed by atoms with van der Waals surface area (Å²) in [5, 5.41) is 31.9. The number of hydrogen-bond donors (Lipinski definition) is 5. The quantitative estimate of drug-likeness (QED) is 0.184. The summed E-state index contributed by atoms with van der Waals surface area (Å²) >= 11 is 0. The van der Waals surface area contributed by atoms with Crippen LogP contribution in [0.3, 0.4) is 0 Å². The maximum absolute atomic E-state index is 12.1. The third-order valence-corrected chi connectivity index (χ3v) is 7.11. The molecule has 39 heavy (non-hydrogen) atoms. The van der Waals surface area contributed by atoms with E-state index in [0.717, 1.165) is 32.1 Å². The summed E-state index contributed by atoms with van der Waals surface area (Å²) in [6.45, 7) is 2.48. The van der Waals surface area contributed by atoms with Gasteiger partial charge in [-0.3, -0.25) is 29.2 Å². The van der Waals surface area contributed by atoms with Crippen molar-refractivity contribution in [2.24, 2.45) is 0 Å². The number of ether oxygens (including phenoxy) is 1. The van der Waals surface area contributed by atoms with E-state index in [0.29, 0.717) is 52.4 Å². The zero-order valence-electron chi connectivity index (χ0n) is 22.4. The van der Waals surface area contributed by atoms with Gasteiger partial charge >= 0.3 is 26.3 Å². The molecule has 5 N–H and O–H groups in total. The number of carbonyl (C=O) groups excluding carboxylic acids is 1. The fraction of sp³-hybridized carbons (Fsp3) is 0.870. The number of carboxylic acids is 2. The third-order valence-electron chi connectivity index (χ3n) is 6.78. The van der Waals surface area contributed by atoms with Crippen LogP contribution in [-0.2, 0) is 23.4 Å². The van der Waals surface area contributed by atoms with Crippen LogP contribution in [0.4, 0.5) is 4.79 Å². The maximum Gasteiger partial charge on any atom is 0.696 e. The Hall–Kier alpha value is -1.97. The number of alkyl carbamates (subject to hydrolysis) is 1. The fourth-order valence-corrected chi connectivity index (χ4v) is 4.92. The molecule has 0 aromatic carbocycles. The standard InChI is InChI=1S/C23H42N5O10P/c29-19(14-24-23(34)38-20-4-2-1-3-5-20)15-25-6-8-26(16-21(30)31)10-12-28(18-37-39(35)36)13-11-27(9-7-25)17-22(32)33/h19-20,29H,1-18H2,(H3-,24,30,31,32,33,34,35,36)/p+1. The van der Waals surface area contributed by atoms with E-state index in [9.17, 15) is 34.3 Å². The zero-order valence-corrected chi connectivity index (χ0v) is 23.3. The summed E-state index contributed by atoms with van der Waals surface area (Å²) < 4.78 is 21.3. The van der Waals surface area contributed by atoms with E-state index in [1.807, 2.05) is 4.90 Å². The van der Waals surface area contributed by atoms with Crippen LogP contribution in [0, 0.1) is 0 Å². The van der Waals surface area contributed by atoms with Crippen molar-refractivity contribution in [3.05, 3.63) is 0 Å². The van der Waals surface area contributed by atoms with Gasteiger partial charge in [0.05, 0.1) is 19.2 Å². The van der Waals surface area contributed by atoms with Crippen molar-refractivity contribution in [1.29, 1.82) is 0 Å². The number of nitrogens with one attached hydrogen (secondary N) is 1. The van der Waals surface area contributed by atoms with Gasteiger partial charge in [0.25, 0.3) is 0 Å². The Morgan fingerprint density at radius 2 is 1.31 bits per heavy atom. The Morgan fingerprint density at radius 3 is 1.79 bits per heavy atom. The summed E-state index contributed by atoms with van der Waals surface area (Å²) in [6.07, 6.45) is 3.32. The Kier molecular flexibility index (Phi) is 15.7. The minimum Gasteiger partial charge on any atom is -0.480 e. The van der Waals surface area contributed by atoms with Crippen molar-refractivity contribution >= 4 is 26.3 Å². The van der Waals surface area contributed by atoms with Crippen LogP contribution in [-0.4, -0.2) is 155 Å². The van der Waals surface area contributed by atoms with Crippen molar-refractivity contribution < 1.29 is 48.4 Å². The molecule has 1 amide bonds. The van der Waals surface area contributed by atoms with E-state index in [1.54, 1.807) is 14.7 Å². The predicted octanol–water partition coefficient (Wildman–Crippen LogP) is -0.579. The van der Waals surface area contributed by atoms with Crippen molar-refractivity contribution in [3.63, 3.8) is 0 Å². The van der Waals surface area contributed by atoms with Crippen molar-refractivity contribution in [2.75, 3.05) is 85.3 Å². The topological polar surface area (TPSA) is 193 Å². The largest absolute Gasteiger partial charge is 0.696 e. The molecule has 0 aromatic rings. The minimum absolute atomic E-state index is 0.0121. The molecule has 1 aliphatic heterocycles. The molecular weight excluding hydrogens is 537 g/mol. The lowest BCUT2D eigenvalue weighted by Gasteiger charge is -2.33. The Balaban J connectivity index is 1.98. The van der Waals surface area contributed by atoms with Crippen LogP contribution in [0.5, 0.6) is 0 Å². The van der Waals surface area contributed by atoms with Gasteiger partial charge in [0, 0.05) is 70.0 Å². The van der Waals surface area contributed by atoms with Crippen molar-refractivity contribution in [3.8, 4) is 0 Å². The van der Waals surface area contributed by atoms with E-state index >= 15 is 0 Å². The second-order valence-electron chi connectivity index (χ2n) is 9.95. The lowest BCUT2D eigenvalue weighted by Crippen LogP contribution is -2.49. The van der Waals surface area contributed by atoms with Crippen LogP contribution in [0.2, 0.25) is 0 Å². The third kappa shape index (κ3) is 15.4. The maximum atomic E-state index is 12.1. The van der Waals surface area contributed by atoms with E-state index < -0.39 is 32.4 Å². The van der Waals surface area contributed by atoms with Gasteiger partial charge in [0.1, 0.15) is 6.10 Å². The molecule has 0 bridgehead atoms. The van der Waals surface area contributed by atoms with Gasteiger partial charge in [-0.15, -0.1) is 9.42 Å². The number of amides is 1. The van der Waals surface area contributed by atoms with E-state index in [-0.39, 0.29) is 39.0 Å². The molecule has 1 saturated heterocycles. The molecule has 1 heterocycles. The van der Waals surface area contributed by atoms with Gasteiger partial charge in [-0.05, 0) is 25.7 Å². The predicted molar refractivity (Wildman–Crippen MR) is 139 cm³/mol. The lowest BCUT2D eigenvalue weighted by atomic mass is 9.98. The molecule has 15 nitrogen and oxygen atoms in total. The number of hydrogen-bond acceptors (Lipinski definition) is 11. The molecule has 0 radical (unpaired) electrons. The van der Waals surface area contributed by atoms with Gasteiger partial charge in [0.15, 0.2) is 6.73 Å². The highest BCUT2D eigenvalue weighted by Crippen LogP contribution is 2.20. The number of carboxylic acid groups (broad SMARTS) is 2. The highest BCUT2D eigenvalue weighted by atomic mass is 31.1. The first-order valence-corrected chi connectivity index (χ1v) is 14.5. The summed E-state index contributed by atoms with van der Waals surface area (Å²) in [5.74, 6) is -1.99. The second-order valence-corrected chi connectivity index (χ2v) is 10.7. The monoisotopic (exact) mass is 580 g/mol. The van der Waals surface area contributed by atoms with Crippen molar-refractivity contribution in [1.82, 2.24) is 24.9 Å². The zero-order chi connectivity index (χ0) is 28.6. The van der Waals surface area contributed by atoms with E-state index in [2.05, 4.69) is 5.32 Å². The molecule has 2 atom stereocenters. The smallest absolute Gasteiger partial charge is 0.480 e. The second kappa shape index (κ2) is 18.4. The van der Waals surface area contributed by atoms with Gasteiger partial charge in [0.2, 0.25) is 0 Å². The van der Waals surface area contributed by atoms with Gasteiger partial charge < -0.3 is 25.4 Å². The molecule has 2 aliphatic rings. The average molecular weight is 581 g/mol. The molecular formula is C23H43N5O10P+. The molecule has 2 rings (SSSR count). The molecule has 2 unspecified atom stereocenters. The fourth-order valence-electron chi connectivity index (χ4n) is 4.66. The van der Waals surface area contributed by atoms with Crippen molar-refractivity contribution in [2.45, 2.75) is 44.3 Å². The summed E-state index contributed by atoms with van der Waals surface area (Å²) in [6, 6.07) is 0. The number of rotatable bonds is 12. The highest BCUT2D eigenvalue weighted by Gasteiger charge is 2.23. The molecule has 2 fully saturated rings. The number of β-amino-alcohol motifs (C(OH)–C–C–N with tert-alkyl or cyclic N) is 1. The van der Waals surface area contributed by atoms with E-state index in [4.69, 9.17) is 14.2 Å². The highest BCUT2D eigenvalue weighted by molar-refractivity contribution is 7.32. The molecule has 1 saturated carbocycles. The first-order chi connectivity index (χ1) is 18.6. The van der Waals surface area contributed by atoms with Gasteiger partial charge in [-0.25, -0.2) is 4.79 Å². The normalized spacial score (nSPS) is 21.3. The summed E-state index contributed by atoms with van der Waals surface area (Å²) in [4.78, 5) is 51.1. The lowest BCUT2D eigenvalue weighted by molar-refractivity contribution is -0.139. The van der Waals surface area contributed by atoms with Crippen LogP contribution in [0.25, 0.3) is 0 Å². The summed E-state index contributed by atoms with van der Waals surface area (Å²) in [5.41, 5.74) is 0. The number of aliphatic carboxylic acids is 2. The van der Waals surface area contributed by atoms with Gasteiger partial charge in [-0.1, -0.05) is 6.42 Å². The number of carbonyl (C=O) groups is 3. The van der Waals surface area contributed by atoms with Crippen LogP contribution in [0.15, 0.2) is 0 Å². The van der Waals surface area contributed by atoms with Crippen LogP contribution < -0.4 is 5.32 Å². The Labute approximate surface area is 229 Å². The summed E-state index contributed by atoms with van der Waals surface area (Å²) in [7, 11) is -2.81. The van der Waals surface area contributed by atoms with Crippen LogP contribution >= 0.6 is 8.25 Å².